The molecule has 0 aliphatic carbocycles. The number of hydrogen-bond acceptors (Lipinski definition) is 4. The largest absolute Gasteiger partial charge is 0.467 e. The van der Waals surface area contributed by atoms with Crippen molar-refractivity contribution in [1.82, 2.24) is 9.47 Å². The lowest BCUT2D eigenvalue weighted by Gasteiger charge is -2.13. The minimum atomic E-state index is -0.107. The Bertz CT molecular complexity index is 1290. The Hall–Kier alpha value is -3.48. The van der Waals surface area contributed by atoms with Crippen LogP contribution in [-0.2, 0) is 11.3 Å². The Balaban J connectivity index is 1.51. The van der Waals surface area contributed by atoms with E-state index >= 15 is 0 Å². The fourth-order valence-electron chi connectivity index (χ4n) is 3.39. The summed E-state index contributed by atoms with van der Waals surface area (Å²) in [5.41, 5.74) is 2.65. The monoisotopic (exact) mass is 459 g/mol. The van der Waals surface area contributed by atoms with Gasteiger partial charge in [-0.25, -0.2) is 4.99 Å². The lowest BCUT2D eigenvalue weighted by molar-refractivity contribution is -0.122. The number of amidine groups is 1. The van der Waals surface area contributed by atoms with Crippen LogP contribution in [0.3, 0.4) is 0 Å². The van der Waals surface area contributed by atoms with Crippen molar-refractivity contribution in [2.75, 3.05) is 0 Å². The molecular weight excluding hydrogens is 442 g/mol. The molecule has 0 radical (unpaired) electrons. The van der Waals surface area contributed by atoms with Crippen molar-refractivity contribution in [3.05, 3.63) is 113 Å². The van der Waals surface area contributed by atoms with Gasteiger partial charge >= 0.3 is 0 Å². The van der Waals surface area contributed by atoms with E-state index in [-0.39, 0.29) is 5.91 Å². The summed E-state index contributed by atoms with van der Waals surface area (Å²) in [6.45, 7) is 0.319. The molecule has 2 aromatic carbocycles. The minimum Gasteiger partial charge on any atom is -0.467 e. The van der Waals surface area contributed by atoms with E-state index in [2.05, 4.69) is 0 Å². The molecule has 1 aliphatic heterocycles. The molecule has 1 aliphatic rings. The number of benzene rings is 2. The number of halogens is 1. The van der Waals surface area contributed by atoms with Gasteiger partial charge in [-0.3, -0.25) is 9.69 Å². The van der Waals surface area contributed by atoms with Crippen molar-refractivity contribution in [2.24, 2.45) is 4.99 Å². The molecule has 1 saturated heterocycles. The fraction of sp³-hybridized carbons (Fsp3) is 0.0400. The highest BCUT2D eigenvalue weighted by Crippen LogP contribution is 2.35. The molecule has 32 heavy (non-hydrogen) atoms. The molecule has 7 heteroatoms. The Labute approximate surface area is 194 Å². The number of para-hydroxylation sites is 1. The Kier molecular flexibility index (Phi) is 5.71. The number of hydrogen-bond donors (Lipinski definition) is 0. The number of aromatic nitrogens is 1. The van der Waals surface area contributed by atoms with Gasteiger partial charge in [0.15, 0.2) is 5.17 Å². The Morgan fingerprint density at radius 3 is 2.53 bits per heavy atom. The number of furan rings is 1. The van der Waals surface area contributed by atoms with E-state index in [9.17, 15) is 4.79 Å². The van der Waals surface area contributed by atoms with E-state index in [1.54, 1.807) is 11.2 Å². The van der Waals surface area contributed by atoms with Gasteiger partial charge in [-0.15, -0.1) is 0 Å². The molecule has 0 unspecified atom stereocenters. The smallest absolute Gasteiger partial charge is 0.267 e. The van der Waals surface area contributed by atoms with Crippen LogP contribution in [0.5, 0.6) is 0 Å². The van der Waals surface area contributed by atoms with E-state index in [1.807, 2.05) is 95.7 Å². The first-order valence-corrected chi connectivity index (χ1v) is 11.2. The maximum atomic E-state index is 13.3. The lowest BCUT2D eigenvalue weighted by Crippen LogP contribution is -2.28. The van der Waals surface area contributed by atoms with Crippen LogP contribution in [0.1, 0.15) is 11.5 Å². The quantitative estimate of drug-likeness (QED) is 0.319. The third-order valence-electron chi connectivity index (χ3n) is 4.93. The predicted molar refractivity (Wildman–Crippen MR) is 129 cm³/mol. The zero-order valence-electron chi connectivity index (χ0n) is 16.9. The van der Waals surface area contributed by atoms with Crippen molar-refractivity contribution in [3.8, 4) is 5.69 Å². The van der Waals surface area contributed by atoms with Crippen LogP contribution in [0.4, 0.5) is 5.69 Å². The molecule has 0 spiro atoms. The first-order chi connectivity index (χ1) is 15.7. The second-order valence-electron chi connectivity index (χ2n) is 7.09. The average molecular weight is 460 g/mol. The SMILES string of the molecule is O=C1C(=Cc2cccn2-c2ccc(Cl)cc2)SC(=Nc2ccccc2)N1Cc1ccco1. The highest BCUT2D eigenvalue weighted by molar-refractivity contribution is 8.18. The van der Waals surface area contributed by atoms with Crippen LogP contribution >= 0.6 is 23.4 Å². The van der Waals surface area contributed by atoms with E-state index in [1.165, 1.54) is 11.8 Å². The third-order valence-corrected chi connectivity index (χ3v) is 6.19. The second-order valence-corrected chi connectivity index (χ2v) is 8.54. The summed E-state index contributed by atoms with van der Waals surface area (Å²) in [6.07, 6.45) is 5.45. The molecule has 1 amide bonds. The topological polar surface area (TPSA) is 50.7 Å². The maximum absolute atomic E-state index is 13.3. The summed E-state index contributed by atoms with van der Waals surface area (Å²) in [4.78, 5) is 20.3. The summed E-state index contributed by atoms with van der Waals surface area (Å²) in [5, 5.41) is 1.30. The van der Waals surface area contributed by atoms with Crippen LogP contribution in [0.25, 0.3) is 11.8 Å². The molecule has 158 valence electrons. The number of rotatable bonds is 5. The Morgan fingerprint density at radius 1 is 0.969 bits per heavy atom. The van der Waals surface area contributed by atoms with Gasteiger partial charge in [0.25, 0.3) is 5.91 Å². The lowest BCUT2D eigenvalue weighted by atomic mass is 10.3. The molecule has 0 saturated carbocycles. The zero-order valence-corrected chi connectivity index (χ0v) is 18.5. The zero-order chi connectivity index (χ0) is 21.9. The molecule has 5 rings (SSSR count). The van der Waals surface area contributed by atoms with Gasteiger partial charge in [0.05, 0.1) is 23.4 Å². The molecule has 3 heterocycles. The molecular formula is C25H18ClN3O2S. The maximum Gasteiger partial charge on any atom is 0.267 e. The predicted octanol–water partition coefficient (Wildman–Crippen LogP) is 6.53. The van der Waals surface area contributed by atoms with Crippen LogP contribution < -0.4 is 0 Å². The van der Waals surface area contributed by atoms with Gasteiger partial charge in [0, 0.05) is 22.6 Å². The summed E-state index contributed by atoms with van der Waals surface area (Å²) < 4.78 is 7.49. The fourth-order valence-corrected chi connectivity index (χ4v) is 4.49. The summed E-state index contributed by atoms with van der Waals surface area (Å²) in [6, 6.07) is 24.8. The van der Waals surface area contributed by atoms with E-state index < -0.39 is 0 Å². The van der Waals surface area contributed by atoms with E-state index in [0.717, 1.165) is 17.1 Å². The van der Waals surface area contributed by atoms with Crippen molar-refractivity contribution >= 4 is 46.2 Å². The van der Waals surface area contributed by atoms with Crippen LogP contribution in [0.2, 0.25) is 5.02 Å². The highest BCUT2D eigenvalue weighted by atomic mass is 35.5. The van der Waals surface area contributed by atoms with Crippen molar-refractivity contribution < 1.29 is 9.21 Å². The van der Waals surface area contributed by atoms with Gasteiger partial charge in [-0.2, -0.15) is 0 Å². The number of thioether (sulfide) groups is 1. The number of nitrogens with zero attached hydrogens (tertiary/aromatic N) is 3. The molecule has 0 atom stereocenters. The van der Waals surface area contributed by atoms with Gasteiger partial charge in [0.2, 0.25) is 0 Å². The van der Waals surface area contributed by atoms with Crippen molar-refractivity contribution in [2.45, 2.75) is 6.54 Å². The normalized spacial score (nSPS) is 16.4. The summed E-state index contributed by atoms with van der Waals surface area (Å²) in [5.74, 6) is 0.593. The molecule has 4 aromatic rings. The first kappa shape index (κ1) is 20.4. The molecule has 0 N–H and O–H groups in total. The summed E-state index contributed by atoms with van der Waals surface area (Å²) in [7, 11) is 0. The molecule has 1 fully saturated rings. The van der Waals surface area contributed by atoms with Crippen LogP contribution in [0.15, 0.2) is 106 Å². The second kappa shape index (κ2) is 8.94. The van der Waals surface area contributed by atoms with Crippen molar-refractivity contribution in [3.63, 3.8) is 0 Å². The highest BCUT2D eigenvalue weighted by Gasteiger charge is 2.34. The molecule has 5 nitrogen and oxygen atoms in total. The third kappa shape index (κ3) is 4.28. The first-order valence-electron chi connectivity index (χ1n) is 9.98. The molecule has 2 aromatic heterocycles. The van der Waals surface area contributed by atoms with Crippen molar-refractivity contribution in [1.29, 1.82) is 0 Å². The Morgan fingerprint density at radius 2 is 1.78 bits per heavy atom. The van der Waals surface area contributed by atoms with E-state index in [0.29, 0.717) is 27.4 Å². The van der Waals surface area contributed by atoms with Gasteiger partial charge in [-0.05, 0) is 78.5 Å². The van der Waals surface area contributed by atoms with Gasteiger partial charge < -0.3 is 8.98 Å². The van der Waals surface area contributed by atoms with E-state index in [4.69, 9.17) is 21.0 Å². The standard InChI is InChI=1S/C25H18ClN3O2S/c26-18-10-12-20(13-11-18)28-14-4-8-21(28)16-23-24(30)29(17-22-9-5-15-31-22)25(32-23)27-19-6-2-1-3-7-19/h1-16H,17H2. The van der Waals surface area contributed by atoms with Crippen LogP contribution in [-0.4, -0.2) is 20.5 Å². The summed E-state index contributed by atoms with van der Waals surface area (Å²) >= 11 is 7.39. The average Bonchev–Trinajstić information content (AvgIpc) is 3.54. The van der Waals surface area contributed by atoms with Crippen LogP contribution in [0, 0.1) is 0 Å². The number of aliphatic imine (C=N–C) groups is 1. The number of carbonyl (C=O) groups is 1. The number of amides is 1. The van der Waals surface area contributed by atoms with Gasteiger partial charge in [0.1, 0.15) is 5.76 Å². The number of carbonyl (C=O) groups excluding carboxylic acids is 1. The molecule has 0 bridgehead atoms. The van der Waals surface area contributed by atoms with Gasteiger partial charge in [-0.1, -0.05) is 29.8 Å². The minimum absolute atomic E-state index is 0.107.